The molecule has 446 valence electrons. The molecule has 0 aromatic heterocycles. The van der Waals surface area contributed by atoms with Gasteiger partial charge in [-0.1, -0.05) is 46.3 Å². The molecule has 8 aliphatic rings. The van der Waals surface area contributed by atoms with Crippen LogP contribution in [0.3, 0.4) is 0 Å². The number of rotatable bonds is 16. The SMILES string of the molecule is CC(C)=CCC[C@](C)(O[C@@H]1O[C@H](CO[C@@H]2O[C@H](CO)[C@@H](O)[C@H](O)[C@H]2O)[C@@H](O)[C@H](O)[C@H]1O)[C@H]1CC[C@@]2(C)[C@H]1[C@H](O)C[C@@H]1[C@@]3(C)CC[C@H](O[C@@H]4O[C@H](CO)[C@@H](O)[C@H](O)[C@H]4O[C@@H]4O[C@H](CO)[C@@H](O)[C@H](O)[C@H]4O)C(C)(C)[C@@H]3CC[C@]12C. The van der Waals surface area contributed by atoms with Crippen LogP contribution in [-0.2, 0) is 37.9 Å². The van der Waals surface area contributed by atoms with Crippen molar-refractivity contribution >= 4 is 0 Å². The molecule has 8 fully saturated rings. The van der Waals surface area contributed by atoms with Gasteiger partial charge >= 0.3 is 0 Å². The average Bonchev–Trinajstić information content (AvgIpc) is 3.96. The Bertz CT molecular complexity index is 1990. The van der Waals surface area contributed by atoms with Gasteiger partial charge in [-0.2, -0.15) is 0 Å². The van der Waals surface area contributed by atoms with Gasteiger partial charge in [0.05, 0.1) is 44.2 Å². The van der Waals surface area contributed by atoms with Gasteiger partial charge in [-0.25, -0.2) is 0 Å². The first-order chi connectivity index (χ1) is 36.0. The highest BCUT2D eigenvalue weighted by Gasteiger charge is 2.72. The Morgan fingerprint density at radius 3 is 1.64 bits per heavy atom. The third-order valence-electron chi connectivity index (χ3n) is 20.9. The lowest BCUT2D eigenvalue weighted by molar-refractivity contribution is -0.378. The molecule has 0 aromatic rings. The number of ether oxygens (including phenoxy) is 8. The Kier molecular flexibility index (Phi) is 18.9. The van der Waals surface area contributed by atoms with Gasteiger partial charge in [0, 0.05) is 0 Å². The largest absolute Gasteiger partial charge is 0.394 e. The third kappa shape index (κ3) is 10.9. The lowest BCUT2D eigenvalue weighted by Crippen LogP contribution is -2.68. The van der Waals surface area contributed by atoms with Crippen LogP contribution in [0.1, 0.15) is 113 Å². The molecule has 4 heterocycles. The summed E-state index contributed by atoms with van der Waals surface area (Å²) in [5.41, 5.74) is -1.59. The van der Waals surface area contributed by atoms with Crippen LogP contribution in [0.15, 0.2) is 11.6 Å². The number of fused-ring (bicyclic) bond motifs is 5. The lowest BCUT2D eigenvalue weighted by atomic mass is 9.35. The normalized spacial score (nSPS) is 52.7. The smallest absolute Gasteiger partial charge is 0.187 e. The minimum atomic E-state index is -1.82. The average molecular weight is 1110 g/mol. The Morgan fingerprint density at radius 2 is 1.05 bits per heavy atom. The highest BCUT2D eigenvalue weighted by atomic mass is 16.8. The van der Waals surface area contributed by atoms with E-state index in [4.69, 9.17) is 37.9 Å². The second kappa shape index (κ2) is 23.5. The summed E-state index contributed by atoms with van der Waals surface area (Å²) in [6.45, 7) is 14.6. The van der Waals surface area contributed by atoms with Crippen LogP contribution >= 0.6 is 0 Å². The summed E-state index contributed by atoms with van der Waals surface area (Å²) in [7, 11) is 0. The highest BCUT2D eigenvalue weighted by Crippen LogP contribution is 2.76. The minimum Gasteiger partial charge on any atom is -0.394 e. The summed E-state index contributed by atoms with van der Waals surface area (Å²) in [6, 6.07) is 0. The Hall–Kier alpha value is -1.18. The van der Waals surface area contributed by atoms with Crippen molar-refractivity contribution in [2.24, 2.45) is 45.3 Å². The molecule has 4 aliphatic heterocycles. The van der Waals surface area contributed by atoms with E-state index in [0.29, 0.717) is 38.5 Å². The molecule has 8 rings (SSSR count). The van der Waals surface area contributed by atoms with Crippen LogP contribution in [0.2, 0.25) is 0 Å². The van der Waals surface area contributed by atoms with E-state index in [-0.39, 0.29) is 34.5 Å². The summed E-state index contributed by atoms with van der Waals surface area (Å²) in [5, 5.41) is 162. The molecule has 15 N–H and O–H groups in total. The molecule has 0 radical (unpaired) electrons. The van der Waals surface area contributed by atoms with Gasteiger partial charge in [-0.15, -0.1) is 0 Å². The zero-order chi connectivity index (χ0) is 56.6. The second-order valence-corrected chi connectivity index (χ2v) is 25.7. The van der Waals surface area contributed by atoms with Crippen LogP contribution in [0.25, 0.3) is 0 Å². The molecule has 30 atom stereocenters. The van der Waals surface area contributed by atoms with Gasteiger partial charge in [-0.3, -0.25) is 0 Å². The van der Waals surface area contributed by atoms with E-state index in [0.717, 1.165) is 24.8 Å². The van der Waals surface area contributed by atoms with E-state index in [1.54, 1.807) is 0 Å². The van der Waals surface area contributed by atoms with Crippen molar-refractivity contribution in [3.8, 4) is 0 Å². The molecule has 0 spiro atoms. The van der Waals surface area contributed by atoms with Gasteiger partial charge in [0.25, 0.3) is 0 Å². The molecule has 4 aliphatic carbocycles. The molecule has 0 bridgehead atoms. The molecule has 0 amide bonds. The molecule has 0 aromatic carbocycles. The maximum absolute atomic E-state index is 12.8. The van der Waals surface area contributed by atoms with Crippen molar-refractivity contribution in [3.05, 3.63) is 11.6 Å². The molecule has 23 heteroatoms. The summed E-state index contributed by atoms with van der Waals surface area (Å²) < 4.78 is 48.9. The Labute approximate surface area is 450 Å². The zero-order valence-corrected chi connectivity index (χ0v) is 45.8. The molecule has 23 nitrogen and oxygen atoms in total. The second-order valence-electron chi connectivity index (χ2n) is 25.7. The lowest BCUT2D eigenvalue weighted by Gasteiger charge is -2.71. The van der Waals surface area contributed by atoms with Crippen LogP contribution in [-0.4, -0.2) is 244 Å². The molecule has 4 saturated heterocycles. The summed E-state index contributed by atoms with van der Waals surface area (Å²) in [5.74, 6) is -0.475. The number of aliphatic hydroxyl groups is 15. The van der Waals surface area contributed by atoms with Gasteiger partial charge in [0.2, 0.25) is 0 Å². The van der Waals surface area contributed by atoms with Crippen molar-refractivity contribution < 1.29 is 114 Å². The third-order valence-corrected chi connectivity index (χ3v) is 20.9. The maximum atomic E-state index is 12.8. The van der Waals surface area contributed by atoms with Crippen molar-refractivity contribution in [2.45, 2.75) is 254 Å². The first-order valence-corrected chi connectivity index (χ1v) is 27.9. The predicted octanol–water partition coefficient (Wildman–Crippen LogP) is -2.20. The number of aliphatic hydroxyl groups excluding tert-OH is 15. The minimum absolute atomic E-state index is 0.0374. The summed E-state index contributed by atoms with van der Waals surface area (Å²) >= 11 is 0. The highest BCUT2D eigenvalue weighted by molar-refractivity contribution is 5.20. The molecular weight excluding hydrogens is 1020 g/mol. The van der Waals surface area contributed by atoms with Gasteiger partial charge in [-0.05, 0) is 124 Å². The monoisotopic (exact) mass is 1110 g/mol. The number of hydrogen-bond acceptors (Lipinski definition) is 23. The van der Waals surface area contributed by atoms with Crippen LogP contribution < -0.4 is 0 Å². The van der Waals surface area contributed by atoms with E-state index in [1.165, 1.54) is 0 Å². The van der Waals surface area contributed by atoms with Gasteiger partial charge in [0.1, 0.15) is 97.7 Å². The molecule has 77 heavy (non-hydrogen) atoms. The Balaban J connectivity index is 1.01. The fourth-order valence-corrected chi connectivity index (χ4v) is 16.3. The van der Waals surface area contributed by atoms with Crippen molar-refractivity contribution in [2.75, 3.05) is 26.4 Å². The topological polar surface area (TPSA) is 377 Å². The van der Waals surface area contributed by atoms with E-state index >= 15 is 0 Å². The van der Waals surface area contributed by atoms with E-state index in [9.17, 15) is 76.6 Å². The van der Waals surface area contributed by atoms with Crippen molar-refractivity contribution in [1.29, 1.82) is 0 Å². The first-order valence-electron chi connectivity index (χ1n) is 27.9. The van der Waals surface area contributed by atoms with E-state index in [1.807, 2.05) is 20.8 Å². The molecular formula is C54H92O23. The first kappa shape index (κ1) is 61.9. The molecule has 4 saturated carbocycles. The zero-order valence-electron chi connectivity index (χ0n) is 45.8. The number of allylic oxidation sites excluding steroid dienone is 2. The number of hydrogen-bond donors (Lipinski definition) is 15. The van der Waals surface area contributed by atoms with Gasteiger partial charge in [0.15, 0.2) is 25.2 Å². The van der Waals surface area contributed by atoms with Crippen LogP contribution in [0.5, 0.6) is 0 Å². The van der Waals surface area contributed by atoms with Gasteiger partial charge < -0.3 is 114 Å². The van der Waals surface area contributed by atoms with Crippen LogP contribution in [0, 0.1) is 45.3 Å². The summed E-state index contributed by atoms with van der Waals surface area (Å²) in [6.07, 6.45) is -25.2. The van der Waals surface area contributed by atoms with E-state index in [2.05, 4.69) is 40.7 Å². The van der Waals surface area contributed by atoms with E-state index < -0.39 is 178 Å². The maximum Gasteiger partial charge on any atom is 0.187 e. The van der Waals surface area contributed by atoms with Crippen LogP contribution in [0.4, 0.5) is 0 Å². The standard InChI is InChI=1S/C54H92O23/c1-23(2)10-9-14-54(8,77-48-44(69)40(65)37(62)29(74-48)22-70-46-42(67)38(63)34(59)26(19-55)71-46)24-11-16-53(7)33(24)25(58)18-31-51(5)15-13-32(50(3,4)30(51)12-17-52(31,53)6)75-49-45(41(66)36(61)28(21-57)73-49)76-47-43(68)39(64)35(60)27(20-56)72-47/h10,24-49,55-69H,9,11-22H2,1-8H3/t24-,25+,26+,27+,28+,29+,30-,31+,32-,33+,34+,35+,36+,37+,38-,39-,40-,41-,42+,43+,44+,45+,46+,47-,48-,49-,51-,52+,53-,54-/m0/s1. The molecule has 0 unspecified atom stereocenters. The van der Waals surface area contributed by atoms with Crippen molar-refractivity contribution in [1.82, 2.24) is 0 Å². The Morgan fingerprint density at radius 1 is 0.545 bits per heavy atom. The fourth-order valence-electron chi connectivity index (χ4n) is 16.3. The van der Waals surface area contributed by atoms with Crippen molar-refractivity contribution in [3.63, 3.8) is 0 Å². The summed E-state index contributed by atoms with van der Waals surface area (Å²) in [4.78, 5) is 0. The predicted molar refractivity (Wildman–Crippen MR) is 266 cm³/mol. The quantitative estimate of drug-likeness (QED) is 0.0576. The fraction of sp³-hybridized carbons (Fsp3) is 0.963.